The van der Waals surface area contributed by atoms with E-state index < -0.39 is 6.10 Å². The Hall–Kier alpha value is -0.860. The molecule has 15 heavy (non-hydrogen) atoms. The number of hydrogen-bond donors (Lipinski definition) is 2. The molecule has 0 fully saturated rings. The molecule has 0 heterocycles. The average Bonchev–Trinajstić information content (AvgIpc) is 2.14. The molecule has 0 amide bonds. The van der Waals surface area contributed by atoms with Crippen LogP contribution >= 0.6 is 0 Å². The molecule has 0 saturated carbocycles. The summed E-state index contributed by atoms with van der Waals surface area (Å²) in [5, 5.41) is 13.3. The predicted octanol–water partition coefficient (Wildman–Crippen LogP) is 2.33. The van der Waals surface area contributed by atoms with Crippen molar-refractivity contribution in [2.45, 2.75) is 39.8 Å². The molecular weight excluding hydrogens is 186 g/mol. The van der Waals surface area contributed by atoms with Gasteiger partial charge >= 0.3 is 0 Å². The number of hydrogen-bond acceptors (Lipinski definition) is 2. The van der Waals surface area contributed by atoms with E-state index in [0.29, 0.717) is 12.6 Å². The molecule has 0 saturated heterocycles. The minimum absolute atomic E-state index is 0.406. The van der Waals surface area contributed by atoms with Crippen molar-refractivity contribution in [2.75, 3.05) is 6.54 Å². The quantitative estimate of drug-likeness (QED) is 0.794. The van der Waals surface area contributed by atoms with E-state index in [4.69, 9.17) is 0 Å². The molecule has 0 spiro atoms. The summed E-state index contributed by atoms with van der Waals surface area (Å²) in [6.07, 6.45) is -0.409. The summed E-state index contributed by atoms with van der Waals surface area (Å²) in [5.74, 6) is 0. The van der Waals surface area contributed by atoms with Gasteiger partial charge in [0.1, 0.15) is 0 Å². The number of aliphatic hydroxyl groups excluding tert-OH is 1. The third kappa shape index (κ3) is 3.33. The first-order valence-corrected chi connectivity index (χ1v) is 5.50. The van der Waals surface area contributed by atoms with Crippen LogP contribution in [0.3, 0.4) is 0 Å². The van der Waals surface area contributed by atoms with Crippen LogP contribution in [0.15, 0.2) is 18.2 Å². The maximum Gasteiger partial charge on any atom is 0.0919 e. The number of rotatable bonds is 4. The van der Waals surface area contributed by atoms with Crippen LogP contribution in [0.5, 0.6) is 0 Å². The molecular formula is C13H21NO. The van der Waals surface area contributed by atoms with E-state index in [2.05, 4.69) is 19.2 Å². The van der Waals surface area contributed by atoms with Gasteiger partial charge in [-0.1, -0.05) is 32.0 Å². The lowest BCUT2D eigenvalue weighted by Crippen LogP contribution is -2.28. The Morgan fingerprint density at radius 1 is 1.20 bits per heavy atom. The molecule has 0 aliphatic carbocycles. The Kier molecular flexibility index (Phi) is 4.30. The van der Waals surface area contributed by atoms with E-state index >= 15 is 0 Å². The zero-order chi connectivity index (χ0) is 11.4. The highest BCUT2D eigenvalue weighted by atomic mass is 16.3. The highest BCUT2D eigenvalue weighted by Crippen LogP contribution is 2.21. The minimum atomic E-state index is -0.409. The van der Waals surface area contributed by atoms with Crippen molar-refractivity contribution in [3.8, 4) is 0 Å². The molecule has 0 aliphatic heterocycles. The van der Waals surface area contributed by atoms with Crippen molar-refractivity contribution in [3.05, 3.63) is 34.9 Å². The van der Waals surface area contributed by atoms with Gasteiger partial charge in [0, 0.05) is 12.6 Å². The molecule has 2 heteroatoms. The van der Waals surface area contributed by atoms with Gasteiger partial charge in [0.05, 0.1) is 6.10 Å². The van der Waals surface area contributed by atoms with Crippen LogP contribution in [-0.4, -0.2) is 17.7 Å². The van der Waals surface area contributed by atoms with Gasteiger partial charge in [-0.2, -0.15) is 0 Å². The molecule has 84 valence electrons. The van der Waals surface area contributed by atoms with Gasteiger partial charge in [-0.05, 0) is 30.5 Å². The topological polar surface area (TPSA) is 32.3 Å². The van der Waals surface area contributed by atoms with Crippen molar-refractivity contribution in [2.24, 2.45) is 0 Å². The van der Waals surface area contributed by atoms with E-state index in [1.807, 2.05) is 32.0 Å². The third-order valence-corrected chi connectivity index (χ3v) is 2.59. The fourth-order valence-electron chi connectivity index (χ4n) is 1.80. The van der Waals surface area contributed by atoms with Crippen LogP contribution in [0.1, 0.15) is 36.6 Å². The molecule has 2 nitrogen and oxygen atoms in total. The van der Waals surface area contributed by atoms with Crippen molar-refractivity contribution in [1.82, 2.24) is 5.32 Å². The molecule has 0 bridgehead atoms. The van der Waals surface area contributed by atoms with Crippen molar-refractivity contribution < 1.29 is 5.11 Å². The van der Waals surface area contributed by atoms with Gasteiger partial charge in [-0.25, -0.2) is 0 Å². The summed E-state index contributed by atoms with van der Waals surface area (Å²) in [7, 11) is 0. The zero-order valence-electron chi connectivity index (χ0n) is 10.0. The third-order valence-electron chi connectivity index (χ3n) is 2.59. The zero-order valence-corrected chi connectivity index (χ0v) is 10.0. The maximum absolute atomic E-state index is 10.1. The standard InChI is InChI=1S/C13H21NO/c1-9(2)14-8-12(15)13-10(3)6-5-7-11(13)4/h5-7,9,12,14-15H,8H2,1-4H3. The van der Waals surface area contributed by atoms with Gasteiger partial charge in [0.2, 0.25) is 0 Å². The van der Waals surface area contributed by atoms with Crippen LogP contribution in [-0.2, 0) is 0 Å². The molecule has 2 N–H and O–H groups in total. The lowest BCUT2D eigenvalue weighted by Gasteiger charge is -2.18. The highest BCUT2D eigenvalue weighted by Gasteiger charge is 2.12. The smallest absolute Gasteiger partial charge is 0.0919 e. The largest absolute Gasteiger partial charge is 0.387 e. The monoisotopic (exact) mass is 207 g/mol. The number of benzene rings is 1. The second-order valence-corrected chi connectivity index (χ2v) is 4.38. The molecule has 1 rings (SSSR count). The molecule has 1 atom stereocenters. The average molecular weight is 207 g/mol. The normalized spacial score (nSPS) is 13.2. The van der Waals surface area contributed by atoms with Crippen molar-refractivity contribution in [1.29, 1.82) is 0 Å². The highest BCUT2D eigenvalue weighted by molar-refractivity contribution is 5.35. The first kappa shape index (κ1) is 12.2. The number of aryl methyl sites for hydroxylation is 2. The summed E-state index contributed by atoms with van der Waals surface area (Å²) in [6, 6.07) is 6.52. The lowest BCUT2D eigenvalue weighted by molar-refractivity contribution is 0.170. The van der Waals surface area contributed by atoms with E-state index in [1.165, 1.54) is 0 Å². The second kappa shape index (κ2) is 5.29. The van der Waals surface area contributed by atoms with Crippen LogP contribution in [0, 0.1) is 13.8 Å². The van der Waals surface area contributed by atoms with Gasteiger partial charge in [-0.15, -0.1) is 0 Å². The first-order valence-electron chi connectivity index (χ1n) is 5.50. The Morgan fingerprint density at radius 2 is 1.73 bits per heavy atom. The van der Waals surface area contributed by atoms with Crippen molar-refractivity contribution >= 4 is 0 Å². The molecule has 1 aromatic carbocycles. The van der Waals surface area contributed by atoms with Gasteiger partial charge in [-0.3, -0.25) is 0 Å². The predicted molar refractivity (Wildman–Crippen MR) is 64.0 cm³/mol. The Labute approximate surface area is 92.3 Å². The Balaban J connectivity index is 2.77. The minimum Gasteiger partial charge on any atom is -0.387 e. The summed E-state index contributed by atoms with van der Waals surface area (Å²) in [5.41, 5.74) is 3.38. The van der Waals surface area contributed by atoms with E-state index in [9.17, 15) is 5.11 Å². The fraction of sp³-hybridized carbons (Fsp3) is 0.538. The van der Waals surface area contributed by atoms with Crippen LogP contribution in [0.4, 0.5) is 0 Å². The van der Waals surface area contributed by atoms with E-state index in [1.54, 1.807) is 0 Å². The van der Waals surface area contributed by atoms with E-state index in [0.717, 1.165) is 16.7 Å². The van der Waals surface area contributed by atoms with Gasteiger partial charge in [0.15, 0.2) is 0 Å². The number of aliphatic hydroxyl groups is 1. The SMILES string of the molecule is Cc1cccc(C)c1C(O)CNC(C)C. The Bertz CT molecular complexity index is 300. The van der Waals surface area contributed by atoms with Crippen LogP contribution < -0.4 is 5.32 Å². The summed E-state index contributed by atoms with van der Waals surface area (Å²) >= 11 is 0. The fourth-order valence-corrected chi connectivity index (χ4v) is 1.80. The summed E-state index contributed by atoms with van der Waals surface area (Å²) in [6.45, 7) is 8.86. The molecule has 1 unspecified atom stereocenters. The summed E-state index contributed by atoms with van der Waals surface area (Å²) < 4.78 is 0. The maximum atomic E-state index is 10.1. The van der Waals surface area contributed by atoms with Crippen LogP contribution in [0.2, 0.25) is 0 Å². The lowest BCUT2D eigenvalue weighted by atomic mass is 9.98. The van der Waals surface area contributed by atoms with Crippen LogP contribution in [0.25, 0.3) is 0 Å². The second-order valence-electron chi connectivity index (χ2n) is 4.38. The Morgan fingerprint density at radius 3 is 2.20 bits per heavy atom. The van der Waals surface area contributed by atoms with Gasteiger partial charge < -0.3 is 10.4 Å². The van der Waals surface area contributed by atoms with Gasteiger partial charge in [0.25, 0.3) is 0 Å². The van der Waals surface area contributed by atoms with Crippen molar-refractivity contribution in [3.63, 3.8) is 0 Å². The molecule has 0 aliphatic rings. The first-order chi connectivity index (χ1) is 7.02. The van der Waals surface area contributed by atoms with E-state index in [-0.39, 0.29) is 0 Å². The molecule has 1 aromatic rings. The summed E-state index contributed by atoms with van der Waals surface area (Å²) in [4.78, 5) is 0. The number of nitrogens with one attached hydrogen (secondary N) is 1. The molecule has 0 aromatic heterocycles. The molecule has 0 radical (unpaired) electrons.